The first-order valence-corrected chi connectivity index (χ1v) is 6.13. The first kappa shape index (κ1) is 11.0. The Labute approximate surface area is 99.9 Å². The molecule has 0 aliphatic rings. The van der Waals surface area contributed by atoms with Crippen molar-refractivity contribution in [2.24, 2.45) is 0 Å². The number of rotatable bonds is 4. The van der Waals surface area contributed by atoms with Gasteiger partial charge in [-0.3, -0.25) is 0 Å². The molecule has 0 amide bonds. The van der Waals surface area contributed by atoms with Crippen LogP contribution >= 0.6 is 11.3 Å². The second-order valence-corrected chi connectivity index (χ2v) is 4.45. The quantitative estimate of drug-likeness (QED) is 0.869. The third kappa shape index (κ3) is 2.55. The minimum Gasteiger partial charge on any atom is -0.496 e. The Hall–Kier alpha value is -1.48. The number of thiophene rings is 1. The second-order valence-electron chi connectivity index (χ2n) is 3.67. The maximum atomic E-state index is 5.23. The molecule has 2 aromatic rings. The summed E-state index contributed by atoms with van der Waals surface area (Å²) in [5.74, 6) is 0.944. The molecule has 0 atom stereocenters. The predicted molar refractivity (Wildman–Crippen MR) is 69.4 cm³/mol. The van der Waals surface area contributed by atoms with Crippen LogP contribution in [0.25, 0.3) is 0 Å². The Morgan fingerprint density at radius 3 is 2.81 bits per heavy atom. The maximum absolute atomic E-state index is 5.23. The van der Waals surface area contributed by atoms with Crippen molar-refractivity contribution < 1.29 is 4.74 Å². The lowest BCUT2D eigenvalue weighted by atomic mass is 10.1. The molecule has 0 saturated carbocycles. The summed E-state index contributed by atoms with van der Waals surface area (Å²) in [4.78, 5) is 0. The van der Waals surface area contributed by atoms with Crippen molar-refractivity contribution in [2.45, 2.75) is 13.5 Å². The SMILES string of the molecule is COc1ccc(CNc2ccsc2)cc1C. The van der Waals surface area contributed by atoms with Gasteiger partial charge in [0.15, 0.2) is 0 Å². The second kappa shape index (κ2) is 5.03. The molecule has 16 heavy (non-hydrogen) atoms. The highest BCUT2D eigenvalue weighted by Crippen LogP contribution is 2.19. The van der Waals surface area contributed by atoms with E-state index in [0.717, 1.165) is 12.3 Å². The molecule has 0 spiro atoms. The molecule has 0 fully saturated rings. The lowest BCUT2D eigenvalue weighted by Crippen LogP contribution is -1.99. The van der Waals surface area contributed by atoms with E-state index in [0.29, 0.717) is 0 Å². The molecule has 2 rings (SSSR count). The van der Waals surface area contributed by atoms with E-state index in [1.54, 1.807) is 18.4 Å². The van der Waals surface area contributed by atoms with Crippen molar-refractivity contribution in [3.63, 3.8) is 0 Å². The summed E-state index contributed by atoms with van der Waals surface area (Å²) in [7, 11) is 1.70. The van der Waals surface area contributed by atoms with Gasteiger partial charge in [0.05, 0.1) is 7.11 Å². The van der Waals surface area contributed by atoms with Crippen LogP contribution in [-0.2, 0) is 6.54 Å². The lowest BCUT2D eigenvalue weighted by molar-refractivity contribution is 0.411. The highest BCUT2D eigenvalue weighted by molar-refractivity contribution is 7.08. The first-order chi connectivity index (χ1) is 7.79. The summed E-state index contributed by atoms with van der Waals surface area (Å²) < 4.78 is 5.23. The molecule has 0 radical (unpaired) electrons. The Kier molecular flexibility index (Phi) is 3.47. The molecule has 0 bridgehead atoms. The van der Waals surface area contributed by atoms with E-state index in [1.807, 2.05) is 6.07 Å². The molecule has 2 nitrogen and oxygen atoms in total. The lowest BCUT2D eigenvalue weighted by Gasteiger charge is -2.08. The van der Waals surface area contributed by atoms with Crippen molar-refractivity contribution in [1.82, 2.24) is 0 Å². The van der Waals surface area contributed by atoms with Gasteiger partial charge in [0.25, 0.3) is 0 Å². The molecule has 0 aliphatic carbocycles. The van der Waals surface area contributed by atoms with Gasteiger partial charge in [-0.15, -0.1) is 0 Å². The average molecular weight is 233 g/mol. The van der Waals surface area contributed by atoms with Gasteiger partial charge in [0, 0.05) is 17.6 Å². The zero-order valence-electron chi connectivity index (χ0n) is 9.49. The molecule has 3 heteroatoms. The van der Waals surface area contributed by atoms with Crippen LogP contribution in [0, 0.1) is 6.92 Å². The number of anilines is 1. The number of ether oxygens (including phenoxy) is 1. The van der Waals surface area contributed by atoms with Crippen molar-refractivity contribution >= 4 is 17.0 Å². The number of hydrogen-bond acceptors (Lipinski definition) is 3. The van der Waals surface area contributed by atoms with Gasteiger partial charge in [-0.05, 0) is 35.6 Å². The van der Waals surface area contributed by atoms with Gasteiger partial charge in [-0.2, -0.15) is 11.3 Å². The molecular weight excluding hydrogens is 218 g/mol. The summed E-state index contributed by atoms with van der Waals surface area (Å²) in [6, 6.07) is 8.34. The van der Waals surface area contributed by atoms with Crippen LogP contribution in [0.4, 0.5) is 5.69 Å². The van der Waals surface area contributed by atoms with Gasteiger partial charge in [-0.1, -0.05) is 12.1 Å². The zero-order chi connectivity index (χ0) is 11.4. The van der Waals surface area contributed by atoms with E-state index in [4.69, 9.17) is 4.74 Å². The van der Waals surface area contributed by atoms with Crippen LogP contribution in [0.5, 0.6) is 5.75 Å². The van der Waals surface area contributed by atoms with Crippen LogP contribution in [0.3, 0.4) is 0 Å². The molecule has 1 aromatic heterocycles. The number of nitrogens with one attached hydrogen (secondary N) is 1. The monoisotopic (exact) mass is 233 g/mol. The van der Waals surface area contributed by atoms with Crippen LogP contribution in [-0.4, -0.2) is 7.11 Å². The largest absolute Gasteiger partial charge is 0.496 e. The van der Waals surface area contributed by atoms with E-state index in [1.165, 1.54) is 16.8 Å². The Bertz CT molecular complexity index is 451. The third-order valence-electron chi connectivity index (χ3n) is 2.48. The van der Waals surface area contributed by atoms with Crippen LogP contribution in [0.1, 0.15) is 11.1 Å². The fourth-order valence-corrected chi connectivity index (χ4v) is 2.23. The van der Waals surface area contributed by atoms with Crippen molar-refractivity contribution in [2.75, 3.05) is 12.4 Å². The number of hydrogen-bond donors (Lipinski definition) is 1. The maximum Gasteiger partial charge on any atom is 0.121 e. The smallest absolute Gasteiger partial charge is 0.121 e. The third-order valence-corrected chi connectivity index (χ3v) is 3.16. The van der Waals surface area contributed by atoms with Gasteiger partial charge >= 0.3 is 0 Å². The predicted octanol–water partition coefficient (Wildman–Crippen LogP) is 3.68. The molecule has 1 N–H and O–H groups in total. The van der Waals surface area contributed by atoms with E-state index in [2.05, 4.69) is 41.2 Å². The minimum atomic E-state index is 0.849. The summed E-state index contributed by atoms with van der Waals surface area (Å²) in [5, 5.41) is 7.55. The Morgan fingerprint density at radius 1 is 1.31 bits per heavy atom. The minimum absolute atomic E-state index is 0.849. The molecule has 0 aliphatic heterocycles. The summed E-state index contributed by atoms with van der Waals surface area (Å²) in [5.41, 5.74) is 3.62. The Morgan fingerprint density at radius 2 is 2.19 bits per heavy atom. The summed E-state index contributed by atoms with van der Waals surface area (Å²) >= 11 is 1.70. The van der Waals surface area contributed by atoms with Crippen molar-refractivity contribution in [1.29, 1.82) is 0 Å². The van der Waals surface area contributed by atoms with Gasteiger partial charge in [-0.25, -0.2) is 0 Å². The normalized spacial score (nSPS) is 10.1. The topological polar surface area (TPSA) is 21.3 Å². The highest BCUT2D eigenvalue weighted by Gasteiger charge is 2.00. The van der Waals surface area contributed by atoms with Gasteiger partial charge < -0.3 is 10.1 Å². The molecular formula is C13H15NOS. The number of methoxy groups -OCH3 is 1. The van der Waals surface area contributed by atoms with Crippen LogP contribution < -0.4 is 10.1 Å². The summed E-state index contributed by atoms with van der Waals surface area (Å²) in [6.45, 7) is 2.91. The van der Waals surface area contributed by atoms with Crippen LogP contribution in [0.2, 0.25) is 0 Å². The molecule has 1 aromatic carbocycles. The molecule has 0 unspecified atom stereocenters. The molecule has 0 saturated heterocycles. The van der Waals surface area contributed by atoms with E-state index in [-0.39, 0.29) is 0 Å². The standard InChI is InChI=1S/C13H15NOS/c1-10-7-11(3-4-13(10)15-2)8-14-12-5-6-16-9-12/h3-7,9,14H,8H2,1-2H3. The zero-order valence-corrected chi connectivity index (χ0v) is 10.3. The fourth-order valence-electron chi connectivity index (χ4n) is 1.62. The number of benzene rings is 1. The van der Waals surface area contributed by atoms with Gasteiger partial charge in [0.2, 0.25) is 0 Å². The summed E-state index contributed by atoms with van der Waals surface area (Å²) in [6.07, 6.45) is 0. The average Bonchev–Trinajstić information content (AvgIpc) is 2.79. The van der Waals surface area contributed by atoms with E-state index >= 15 is 0 Å². The highest BCUT2D eigenvalue weighted by atomic mass is 32.1. The van der Waals surface area contributed by atoms with Gasteiger partial charge in [0.1, 0.15) is 5.75 Å². The molecule has 84 valence electrons. The fraction of sp³-hybridized carbons (Fsp3) is 0.231. The Balaban J connectivity index is 2.02. The van der Waals surface area contributed by atoms with E-state index < -0.39 is 0 Å². The first-order valence-electron chi connectivity index (χ1n) is 5.19. The van der Waals surface area contributed by atoms with Crippen molar-refractivity contribution in [3.8, 4) is 5.75 Å². The van der Waals surface area contributed by atoms with E-state index in [9.17, 15) is 0 Å². The number of aryl methyl sites for hydroxylation is 1. The molecule has 1 heterocycles. The van der Waals surface area contributed by atoms with Crippen LogP contribution in [0.15, 0.2) is 35.0 Å². The van der Waals surface area contributed by atoms with Crippen molar-refractivity contribution in [3.05, 3.63) is 46.2 Å².